The molecule has 4 nitrogen and oxygen atoms in total. The lowest BCUT2D eigenvalue weighted by Gasteiger charge is -2.17. The van der Waals surface area contributed by atoms with Crippen LogP contribution in [0.4, 0.5) is 0 Å². The van der Waals surface area contributed by atoms with Crippen molar-refractivity contribution in [1.82, 2.24) is 5.32 Å². The Labute approximate surface area is 114 Å². The van der Waals surface area contributed by atoms with Crippen LogP contribution in [0.1, 0.15) is 24.8 Å². The Balaban J connectivity index is 1.85. The Bertz CT molecular complexity index is 412. The van der Waals surface area contributed by atoms with Crippen molar-refractivity contribution in [3.63, 3.8) is 0 Å². The first-order chi connectivity index (χ1) is 9.22. The molecular weight excluding hydrogens is 242 g/mol. The van der Waals surface area contributed by atoms with Crippen molar-refractivity contribution in [2.75, 3.05) is 14.2 Å². The van der Waals surface area contributed by atoms with E-state index in [4.69, 9.17) is 9.47 Å². The monoisotopic (exact) mass is 263 g/mol. The largest absolute Gasteiger partial charge is 0.497 e. The van der Waals surface area contributed by atoms with E-state index in [0.717, 1.165) is 12.3 Å². The highest BCUT2D eigenvalue weighted by Gasteiger charge is 2.32. The summed E-state index contributed by atoms with van der Waals surface area (Å²) in [5.74, 6) is 1.34. The molecule has 1 saturated carbocycles. The summed E-state index contributed by atoms with van der Waals surface area (Å²) in [6.07, 6.45) is 2.87. The predicted octanol–water partition coefficient (Wildman–Crippen LogP) is 2.13. The maximum absolute atomic E-state index is 11.4. The zero-order chi connectivity index (χ0) is 13.7. The van der Waals surface area contributed by atoms with E-state index in [1.165, 1.54) is 25.5 Å². The second-order valence-electron chi connectivity index (χ2n) is 4.95. The summed E-state index contributed by atoms with van der Waals surface area (Å²) in [6, 6.07) is 8.20. The maximum Gasteiger partial charge on any atom is 0.307 e. The molecule has 1 atom stereocenters. The van der Waals surface area contributed by atoms with Crippen LogP contribution in [-0.2, 0) is 16.1 Å². The van der Waals surface area contributed by atoms with Gasteiger partial charge in [0.15, 0.2) is 0 Å². The van der Waals surface area contributed by atoms with Gasteiger partial charge in [-0.05, 0) is 36.5 Å². The smallest absolute Gasteiger partial charge is 0.307 e. The van der Waals surface area contributed by atoms with Crippen molar-refractivity contribution in [1.29, 1.82) is 0 Å². The molecule has 0 heterocycles. The highest BCUT2D eigenvalue weighted by Crippen LogP contribution is 2.34. The fourth-order valence-electron chi connectivity index (χ4n) is 2.16. The summed E-state index contributed by atoms with van der Waals surface area (Å²) in [6.45, 7) is 0.766. The predicted molar refractivity (Wildman–Crippen MR) is 73.0 cm³/mol. The molecule has 0 amide bonds. The van der Waals surface area contributed by atoms with Crippen LogP contribution in [0, 0.1) is 5.92 Å². The number of methoxy groups -OCH3 is 2. The minimum Gasteiger partial charge on any atom is -0.497 e. The SMILES string of the molecule is COC(=O)CC(NCc1ccc(OC)cc1)C1CC1. The molecule has 4 heteroatoms. The van der Waals surface area contributed by atoms with Gasteiger partial charge in [0, 0.05) is 12.6 Å². The van der Waals surface area contributed by atoms with Gasteiger partial charge in [-0.2, -0.15) is 0 Å². The number of benzene rings is 1. The highest BCUT2D eigenvalue weighted by molar-refractivity contribution is 5.70. The molecule has 0 radical (unpaired) electrons. The van der Waals surface area contributed by atoms with Gasteiger partial charge in [-0.3, -0.25) is 4.79 Å². The summed E-state index contributed by atoms with van der Waals surface area (Å²) in [4.78, 5) is 11.4. The second kappa shape index (κ2) is 6.57. The number of esters is 1. The van der Waals surface area contributed by atoms with E-state index >= 15 is 0 Å². The Morgan fingerprint density at radius 2 is 2.00 bits per heavy atom. The zero-order valence-electron chi connectivity index (χ0n) is 11.5. The number of carbonyl (C=O) groups excluding carboxylic acids is 1. The molecule has 1 fully saturated rings. The molecule has 0 aromatic heterocycles. The molecule has 0 bridgehead atoms. The normalized spacial score (nSPS) is 15.9. The maximum atomic E-state index is 11.4. The fraction of sp³-hybridized carbons (Fsp3) is 0.533. The standard InChI is InChI=1S/C15H21NO3/c1-18-13-7-3-11(4-8-13)10-16-14(12-5-6-12)9-15(17)19-2/h3-4,7-8,12,14,16H,5-6,9-10H2,1-2H3. The minimum atomic E-state index is -0.140. The van der Waals surface area contributed by atoms with Gasteiger partial charge >= 0.3 is 5.97 Å². The lowest BCUT2D eigenvalue weighted by Crippen LogP contribution is -2.33. The molecule has 1 unspecified atom stereocenters. The van der Waals surface area contributed by atoms with Crippen LogP contribution in [0.3, 0.4) is 0 Å². The van der Waals surface area contributed by atoms with E-state index in [-0.39, 0.29) is 12.0 Å². The first kappa shape index (κ1) is 13.9. The summed E-state index contributed by atoms with van der Waals surface area (Å²) >= 11 is 0. The molecule has 0 aliphatic heterocycles. The van der Waals surface area contributed by atoms with Gasteiger partial charge < -0.3 is 14.8 Å². The van der Waals surface area contributed by atoms with Gasteiger partial charge in [0.1, 0.15) is 5.75 Å². The summed E-state index contributed by atoms with van der Waals surface area (Å²) in [5, 5.41) is 3.46. The first-order valence-electron chi connectivity index (χ1n) is 6.66. The van der Waals surface area contributed by atoms with Crippen molar-refractivity contribution < 1.29 is 14.3 Å². The highest BCUT2D eigenvalue weighted by atomic mass is 16.5. The van der Waals surface area contributed by atoms with E-state index in [1.54, 1.807) is 7.11 Å². The average molecular weight is 263 g/mol. The van der Waals surface area contributed by atoms with Gasteiger partial charge in [-0.1, -0.05) is 12.1 Å². The van der Waals surface area contributed by atoms with E-state index in [9.17, 15) is 4.79 Å². The van der Waals surface area contributed by atoms with Crippen LogP contribution in [0.2, 0.25) is 0 Å². The lowest BCUT2D eigenvalue weighted by molar-refractivity contribution is -0.141. The number of carbonyl (C=O) groups is 1. The fourth-order valence-corrected chi connectivity index (χ4v) is 2.16. The molecule has 0 saturated heterocycles. The number of rotatable bonds is 7. The van der Waals surface area contributed by atoms with Crippen molar-refractivity contribution in [2.45, 2.75) is 31.8 Å². The van der Waals surface area contributed by atoms with Crippen molar-refractivity contribution in [3.05, 3.63) is 29.8 Å². The third kappa shape index (κ3) is 4.24. The molecule has 1 aromatic carbocycles. The Kier molecular flexibility index (Phi) is 4.80. The van der Waals surface area contributed by atoms with Crippen LogP contribution in [0.15, 0.2) is 24.3 Å². The second-order valence-corrected chi connectivity index (χ2v) is 4.95. The third-order valence-corrected chi connectivity index (χ3v) is 3.53. The first-order valence-corrected chi connectivity index (χ1v) is 6.66. The molecule has 0 spiro atoms. The van der Waals surface area contributed by atoms with Crippen LogP contribution in [-0.4, -0.2) is 26.2 Å². The number of hydrogen-bond donors (Lipinski definition) is 1. The molecular formula is C15H21NO3. The molecule has 1 aliphatic carbocycles. The van der Waals surface area contributed by atoms with Crippen LogP contribution < -0.4 is 10.1 Å². The van der Waals surface area contributed by atoms with Crippen molar-refractivity contribution >= 4 is 5.97 Å². The summed E-state index contributed by atoms with van der Waals surface area (Å²) < 4.78 is 9.87. The van der Waals surface area contributed by atoms with E-state index in [2.05, 4.69) is 5.32 Å². The molecule has 2 rings (SSSR count). The molecule has 19 heavy (non-hydrogen) atoms. The average Bonchev–Trinajstić information content (AvgIpc) is 3.28. The number of ether oxygens (including phenoxy) is 2. The van der Waals surface area contributed by atoms with Crippen LogP contribution >= 0.6 is 0 Å². The Morgan fingerprint density at radius 1 is 1.32 bits per heavy atom. The summed E-state index contributed by atoms with van der Waals surface area (Å²) in [7, 11) is 3.10. The van der Waals surface area contributed by atoms with Crippen LogP contribution in [0.25, 0.3) is 0 Å². The molecule has 1 aliphatic rings. The Morgan fingerprint density at radius 3 is 2.53 bits per heavy atom. The van der Waals surface area contributed by atoms with Crippen LogP contribution in [0.5, 0.6) is 5.75 Å². The third-order valence-electron chi connectivity index (χ3n) is 3.53. The topological polar surface area (TPSA) is 47.6 Å². The van der Waals surface area contributed by atoms with Gasteiger partial charge in [-0.15, -0.1) is 0 Å². The van der Waals surface area contributed by atoms with E-state index in [1.807, 2.05) is 24.3 Å². The van der Waals surface area contributed by atoms with Crippen molar-refractivity contribution in [3.8, 4) is 5.75 Å². The number of nitrogens with one attached hydrogen (secondary N) is 1. The Hall–Kier alpha value is -1.55. The molecule has 1 aromatic rings. The zero-order valence-corrected chi connectivity index (χ0v) is 11.5. The van der Waals surface area contributed by atoms with Gasteiger partial charge in [0.25, 0.3) is 0 Å². The van der Waals surface area contributed by atoms with Gasteiger partial charge in [-0.25, -0.2) is 0 Å². The van der Waals surface area contributed by atoms with E-state index < -0.39 is 0 Å². The van der Waals surface area contributed by atoms with Gasteiger partial charge in [0.2, 0.25) is 0 Å². The summed E-state index contributed by atoms with van der Waals surface area (Å²) in [5.41, 5.74) is 1.19. The lowest BCUT2D eigenvalue weighted by atomic mass is 10.1. The molecule has 1 N–H and O–H groups in total. The molecule has 104 valence electrons. The number of hydrogen-bond acceptors (Lipinski definition) is 4. The van der Waals surface area contributed by atoms with Gasteiger partial charge in [0.05, 0.1) is 20.6 Å². The minimum absolute atomic E-state index is 0.140. The van der Waals surface area contributed by atoms with Crippen molar-refractivity contribution in [2.24, 2.45) is 5.92 Å². The quantitative estimate of drug-likeness (QED) is 0.766. The van der Waals surface area contributed by atoms with E-state index in [0.29, 0.717) is 12.3 Å².